The van der Waals surface area contributed by atoms with Gasteiger partial charge in [-0.1, -0.05) is 12.1 Å². The highest BCUT2D eigenvalue weighted by atomic mass is 16.6. The molecule has 3 aromatic rings. The van der Waals surface area contributed by atoms with Crippen molar-refractivity contribution in [2.45, 2.75) is 6.42 Å². The van der Waals surface area contributed by atoms with Crippen LogP contribution in [0, 0.1) is 20.2 Å². The van der Waals surface area contributed by atoms with E-state index in [0.717, 1.165) is 6.33 Å². The summed E-state index contributed by atoms with van der Waals surface area (Å²) in [4.78, 5) is 41.2. The van der Waals surface area contributed by atoms with Gasteiger partial charge in [0.1, 0.15) is 19.5 Å². The zero-order valence-corrected chi connectivity index (χ0v) is 17.4. The van der Waals surface area contributed by atoms with Gasteiger partial charge in [0.25, 0.3) is 5.69 Å². The first kappa shape index (κ1) is 22.2. The fourth-order valence-corrected chi connectivity index (χ4v) is 3.09. The SMILES string of the molecule is O=C(Cc1ccc([N+](=O)[O-])cc1)NNc1ncnc(Nc2ccc3c(c2)OCCO3)c1[N+](=O)[O-]. The van der Waals surface area contributed by atoms with Gasteiger partial charge in [0.2, 0.25) is 17.5 Å². The van der Waals surface area contributed by atoms with Crippen LogP contribution in [0.4, 0.5) is 28.7 Å². The first-order valence-electron chi connectivity index (χ1n) is 9.85. The number of carbonyl (C=O) groups excluding carboxylic acids is 1. The first-order chi connectivity index (χ1) is 16.4. The van der Waals surface area contributed by atoms with Gasteiger partial charge in [0, 0.05) is 23.9 Å². The molecule has 2 heterocycles. The number of ether oxygens (including phenoxy) is 2. The molecule has 0 spiro atoms. The van der Waals surface area contributed by atoms with E-state index >= 15 is 0 Å². The van der Waals surface area contributed by atoms with Crippen molar-refractivity contribution in [2.75, 3.05) is 24.0 Å². The molecule has 0 bridgehead atoms. The molecule has 3 N–H and O–H groups in total. The van der Waals surface area contributed by atoms with E-state index in [2.05, 4.69) is 26.1 Å². The minimum absolute atomic E-state index is 0.100. The van der Waals surface area contributed by atoms with E-state index in [1.54, 1.807) is 18.2 Å². The zero-order chi connectivity index (χ0) is 24.1. The number of hydrazine groups is 1. The average molecular weight is 467 g/mol. The fourth-order valence-electron chi connectivity index (χ4n) is 3.09. The summed E-state index contributed by atoms with van der Waals surface area (Å²) < 4.78 is 11.0. The number of amides is 1. The molecule has 1 aliphatic rings. The van der Waals surface area contributed by atoms with Gasteiger partial charge < -0.3 is 14.8 Å². The predicted molar refractivity (Wildman–Crippen MR) is 118 cm³/mol. The van der Waals surface area contributed by atoms with Gasteiger partial charge in [-0.3, -0.25) is 35.9 Å². The van der Waals surface area contributed by atoms with Gasteiger partial charge in [-0.2, -0.15) is 0 Å². The number of fused-ring (bicyclic) bond motifs is 1. The lowest BCUT2D eigenvalue weighted by atomic mass is 10.1. The number of rotatable bonds is 8. The smallest absolute Gasteiger partial charge is 0.355 e. The number of benzene rings is 2. The molecule has 174 valence electrons. The van der Waals surface area contributed by atoms with Gasteiger partial charge in [-0.25, -0.2) is 9.97 Å². The summed E-state index contributed by atoms with van der Waals surface area (Å²) in [7, 11) is 0. The Morgan fingerprint density at radius 3 is 2.35 bits per heavy atom. The second kappa shape index (κ2) is 9.64. The van der Waals surface area contributed by atoms with E-state index in [-0.39, 0.29) is 23.7 Å². The van der Waals surface area contributed by atoms with Gasteiger partial charge in [0.15, 0.2) is 11.5 Å². The molecule has 0 saturated heterocycles. The molecular formula is C20H17N7O7. The van der Waals surface area contributed by atoms with E-state index < -0.39 is 21.4 Å². The summed E-state index contributed by atoms with van der Waals surface area (Å²) in [5.74, 6) is 0.167. The second-order valence-electron chi connectivity index (χ2n) is 6.93. The van der Waals surface area contributed by atoms with Crippen LogP contribution < -0.4 is 25.6 Å². The molecule has 0 aliphatic carbocycles. The van der Waals surface area contributed by atoms with Crippen molar-refractivity contribution in [1.82, 2.24) is 15.4 Å². The number of non-ortho nitro benzene ring substituents is 1. The molecule has 34 heavy (non-hydrogen) atoms. The van der Waals surface area contributed by atoms with Crippen LogP contribution in [0.25, 0.3) is 0 Å². The Morgan fingerprint density at radius 1 is 0.941 bits per heavy atom. The maximum Gasteiger partial charge on any atom is 0.355 e. The molecule has 0 radical (unpaired) electrons. The molecule has 0 saturated carbocycles. The van der Waals surface area contributed by atoms with Crippen molar-refractivity contribution >= 4 is 34.6 Å². The van der Waals surface area contributed by atoms with E-state index in [1.807, 2.05) is 0 Å². The Balaban J connectivity index is 1.46. The third-order valence-electron chi connectivity index (χ3n) is 4.64. The van der Waals surface area contributed by atoms with Crippen LogP contribution in [0.1, 0.15) is 5.56 Å². The summed E-state index contributed by atoms with van der Waals surface area (Å²) in [6.45, 7) is 0.819. The maximum absolute atomic E-state index is 12.2. The quantitative estimate of drug-likeness (QED) is 0.327. The molecule has 1 aromatic heterocycles. The van der Waals surface area contributed by atoms with Gasteiger partial charge >= 0.3 is 5.69 Å². The zero-order valence-electron chi connectivity index (χ0n) is 17.4. The largest absolute Gasteiger partial charge is 0.486 e. The summed E-state index contributed by atoms with van der Waals surface area (Å²) in [6.07, 6.45) is 0.977. The number of nitrogens with zero attached hydrogens (tertiary/aromatic N) is 4. The molecule has 14 nitrogen and oxygen atoms in total. The Morgan fingerprint density at radius 2 is 1.65 bits per heavy atom. The second-order valence-corrected chi connectivity index (χ2v) is 6.93. The number of aromatic nitrogens is 2. The van der Waals surface area contributed by atoms with Gasteiger partial charge in [0.05, 0.1) is 16.3 Å². The van der Waals surface area contributed by atoms with Crippen molar-refractivity contribution in [3.8, 4) is 11.5 Å². The minimum atomic E-state index is -0.689. The summed E-state index contributed by atoms with van der Waals surface area (Å²) >= 11 is 0. The summed E-state index contributed by atoms with van der Waals surface area (Å²) in [5, 5.41) is 25.3. The molecule has 0 atom stereocenters. The maximum atomic E-state index is 12.2. The van der Waals surface area contributed by atoms with Crippen molar-refractivity contribution in [3.63, 3.8) is 0 Å². The van der Waals surface area contributed by atoms with E-state index in [1.165, 1.54) is 24.3 Å². The molecule has 14 heteroatoms. The monoisotopic (exact) mass is 467 g/mol. The molecule has 1 amide bonds. The third-order valence-corrected chi connectivity index (χ3v) is 4.64. The summed E-state index contributed by atoms with van der Waals surface area (Å²) in [5.41, 5.74) is 5.16. The Bertz CT molecular complexity index is 1250. The number of anilines is 3. The number of nitro groups is 2. The van der Waals surface area contributed by atoms with Crippen LogP contribution in [0.5, 0.6) is 11.5 Å². The highest BCUT2D eigenvalue weighted by Crippen LogP contribution is 2.36. The normalized spacial score (nSPS) is 11.9. The highest BCUT2D eigenvalue weighted by molar-refractivity contribution is 5.81. The van der Waals surface area contributed by atoms with Crippen LogP contribution in [0.15, 0.2) is 48.8 Å². The van der Waals surface area contributed by atoms with Crippen molar-refractivity contribution in [1.29, 1.82) is 0 Å². The third kappa shape index (κ3) is 5.07. The average Bonchev–Trinajstić information content (AvgIpc) is 2.83. The van der Waals surface area contributed by atoms with Gasteiger partial charge in [-0.05, 0) is 17.7 Å². The molecule has 0 unspecified atom stereocenters. The minimum Gasteiger partial charge on any atom is -0.486 e. The van der Waals surface area contributed by atoms with Gasteiger partial charge in [-0.15, -0.1) is 0 Å². The Labute approximate surface area is 191 Å². The summed E-state index contributed by atoms with van der Waals surface area (Å²) in [6, 6.07) is 10.4. The molecule has 4 rings (SSSR count). The topological polar surface area (TPSA) is 184 Å². The van der Waals surface area contributed by atoms with Crippen LogP contribution in [0.2, 0.25) is 0 Å². The number of carbonyl (C=O) groups is 1. The van der Waals surface area contributed by atoms with Crippen LogP contribution in [0.3, 0.4) is 0 Å². The fraction of sp³-hybridized carbons (Fsp3) is 0.150. The van der Waals surface area contributed by atoms with E-state index in [9.17, 15) is 25.0 Å². The Kier molecular flexibility index (Phi) is 6.29. The molecular weight excluding hydrogens is 450 g/mol. The number of nitro benzene ring substituents is 1. The lowest BCUT2D eigenvalue weighted by Gasteiger charge is -2.19. The number of nitrogens with one attached hydrogen (secondary N) is 3. The van der Waals surface area contributed by atoms with Crippen LogP contribution in [-0.4, -0.2) is 38.9 Å². The van der Waals surface area contributed by atoms with E-state index in [4.69, 9.17) is 9.47 Å². The van der Waals surface area contributed by atoms with Crippen molar-refractivity contribution in [2.24, 2.45) is 0 Å². The lowest BCUT2D eigenvalue weighted by Crippen LogP contribution is -2.31. The molecule has 0 fully saturated rings. The van der Waals surface area contributed by atoms with Crippen molar-refractivity contribution < 1.29 is 24.1 Å². The van der Waals surface area contributed by atoms with Crippen LogP contribution >= 0.6 is 0 Å². The predicted octanol–water partition coefficient (Wildman–Crippen LogP) is 2.49. The van der Waals surface area contributed by atoms with Crippen LogP contribution in [-0.2, 0) is 11.2 Å². The Hall–Kier alpha value is -5.01. The number of hydrogen-bond donors (Lipinski definition) is 3. The van der Waals surface area contributed by atoms with Crippen molar-refractivity contribution in [3.05, 3.63) is 74.6 Å². The highest BCUT2D eigenvalue weighted by Gasteiger charge is 2.24. The van der Waals surface area contributed by atoms with E-state index in [0.29, 0.717) is 36.0 Å². The molecule has 1 aliphatic heterocycles. The standard InChI is InChI=1S/C20H17N7O7/c28-17(9-12-1-4-14(5-2-12)26(29)30)24-25-20-18(27(31)32)19(21-11-22-20)23-13-3-6-15-16(10-13)34-8-7-33-15/h1-6,10-11H,7-9H2,(H,24,28)(H2,21,22,23,25). The number of hydrogen-bond acceptors (Lipinski definition) is 11. The lowest BCUT2D eigenvalue weighted by molar-refractivity contribution is -0.384. The molecule has 2 aromatic carbocycles. The first-order valence-corrected chi connectivity index (χ1v) is 9.85.